The van der Waals surface area contributed by atoms with Gasteiger partial charge < -0.3 is 5.32 Å². The van der Waals surface area contributed by atoms with Crippen LogP contribution in [0.4, 0.5) is 5.69 Å². The van der Waals surface area contributed by atoms with Gasteiger partial charge in [-0.1, -0.05) is 40.2 Å². The van der Waals surface area contributed by atoms with Crippen molar-refractivity contribution in [2.24, 2.45) is 5.14 Å². The van der Waals surface area contributed by atoms with Crippen LogP contribution in [0.3, 0.4) is 0 Å². The van der Waals surface area contributed by atoms with Crippen LogP contribution in [0.15, 0.2) is 53.0 Å². The predicted molar refractivity (Wildman–Crippen MR) is 89.4 cm³/mol. The van der Waals surface area contributed by atoms with Gasteiger partial charge in [0.1, 0.15) is 0 Å². The van der Waals surface area contributed by atoms with Crippen molar-refractivity contribution in [1.29, 1.82) is 0 Å². The third kappa shape index (κ3) is 5.15. The minimum absolute atomic E-state index is 0.144. The molecule has 21 heavy (non-hydrogen) atoms. The van der Waals surface area contributed by atoms with Gasteiger partial charge in [0, 0.05) is 16.2 Å². The van der Waals surface area contributed by atoms with Gasteiger partial charge in [-0.25, -0.2) is 13.6 Å². The average molecular weight is 369 g/mol. The number of nitrogens with two attached hydrogens (primary N) is 1. The molecule has 0 saturated carbocycles. The van der Waals surface area contributed by atoms with E-state index in [2.05, 4.69) is 40.3 Å². The van der Waals surface area contributed by atoms with Crippen LogP contribution in [0.5, 0.6) is 0 Å². The second kappa shape index (κ2) is 6.60. The summed E-state index contributed by atoms with van der Waals surface area (Å²) in [7, 11) is -3.49. The lowest BCUT2D eigenvalue weighted by atomic mass is 10.1. The molecule has 0 heterocycles. The van der Waals surface area contributed by atoms with Crippen molar-refractivity contribution >= 4 is 31.6 Å². The normalized spacial score (nSPS) is 12.9. The first kappa shape index (κ1) is 16.0. The van der Waals surface area contributed by atoms with Crippen LogP contribution in [-0.4, -0.2) is 8.42 Å². The summed E-state index contributed by atoms with van der Waals surface area (Å²) < 4.78 is 23.1. The number of sulfonamides is 1. The number of anilines is 1. The first-order chi connectivity index (χ1) is 9.83. The summed E-state index contributed by atoms with van der Waals surface area (Å²) in [6, 6.07) is 15.5. The molecule has 4 nitrogen and oxygen atoms in total. The summed E-state index contributed by atoms with van der Waals surface area (Å²) in [6.45, 7) is 2.07. The number of benzene rings is 2. The van der Waals surface area contributed by atoms with Gasteiger partial charge in [0.05, 0.1) is 5.75 Å². The fourth-order valence-corrected chi connectivity index (χ4v) is 3.11. The molecule has 6 heteroatoms. The van der Waals surface area contributed by atoms with Crippen molar-refractivity contribution in [2.45, 2.75) is 18.7 Å². The minimum atomic E-state index is -3.49. The van der Waals surface area contributed by atoms with Crippen LogP contribution >= 0.6 is 15.9 Å². The lowest BCUT2D eigenvalue weighted by Crippen LogP contribution is -2.14. The van der Waals surface area contributed by atoms with Gasteiger partial charge >= 0.3 is 0 Å². The molecule has 0 aliphatic heterocycles. The van der Waals surface area contributed by atoms with Gasteiger partial charge in [-0.05, 0) is 42.3 Å². The van der Waals surface area contributed by atoms with E-state index in [1.807, 2.05) is 24.3 Å². The highest BCUT2D eigenvalue weighted by Gasteiger charge is 2.07. The average Bonchev–Trinajstić information content (AvgIpc) is 2.39. The van der Waals surface area contributed by atoms with E-state index in [4.69, 9.17) is 5.14 Å². The maximum Gasteiger partial charge on any atom is 0.213 e. The predicted octanol–water partition coefficient (Wildman–Crippen LogP) is 3.41. The van der Waals surface area contributed by atoms with E-state index in [1.54, 1.807) is 12.1 Å². The molecule has 0 aliphatic carbocycles. The Bertz CT molecular complexity index is 715. The smallest absolute Gasteiger partial charge is 0.213 e. The fourth-order valence-electron chi connectivity index (χ4n) is 2.04. The SMILES string of the molecule is CC(Nc1ccc(CS(N)(=O)=O)cc1)c1cccc(Br)c1. The van der Waals surface area contributed by atoms with Crippen molar-refractivity contribution in [3.8, 4) is 0 Å². The summed E-state index contributed by atoms with van der Waals surface area (Å²) in [5.41, 5.74) is 2.77. The second-order valence-electron chi connectivity index (χ2n) is 4.93. The third-order valence-electron chi connectivity index (χ3n) is 3.05. The Hall–Kier alpha value is -1.37. The summed E-state index contributed by atoms with van der Waals surface area (Å²) in [5, 5.41) is 8.40. The fraction of sp³-hybridized carbons (Fsp3) is 0.200. The van der Waals surface area contributed by atoms with Crippen LogP contribution in [0.2, 0.25) is 0 Å². The highest BCUT2D eigenvalue weighted by molar-refractivity contribution is 9.10. The first-order valence-electron chi connectivity index (χ1n) is 6.45. The number of primary sulfonamides is 1. The van der Waals surface area contributed by atoms with Crippen LogP contribution in [0, 0.1) is 0 Å². The van der Waals surface area contributed by atoms with Crippen LogP contribution in [0.1, 0.15) is 24.1 Å². The van der Waals surface area contributed by atoms with E-state index in [0.29, 0.717) is 5.56 Å². The first-order valence-corrected chi connectivity index (χ1v) is 8.96. The van der Waals surface area contributed by atoms with Crippen molar-refractivity contribution in [3.05, 3.63) is 64.1 Å². The number of hydrogen-bond acceptors (Lipinski definition) is 3. The molecular formula is C15H17BrN2O2S. The molecule has 0 saturated heterocycles. The van der Waals surface area contributed by atoms with E-state index < -0.39 is 10.0 Å². The Balaban J connectivity index is 2.06. The molecule has 0 aromatic heterocycles. The number of rotatable bonds is 5. The molecule has 3 N–H and O–H groups in total. The van der Waals surface area contributed by atoms with Gasteiger partial charge in [0.15, 0.2) is 0 Å². The summed E-state index contributed by atoms with van der Waals surface area (Å²) in [6.07, 6.45) is 0. The topological polar surface area (TPSA) is 72.2 Å². The molecule has 0 radical (unpaired) electrons. The van der Waals surface area contributed by atoms with Gasteiger partial charge in [0.2, 0.25) is 10.0 Å². The van der Waals surface area contributed by atoms with Crippen molar-refractivity contribution in [3.63, 3.8) is 0 Å². The maximum absolute atomic E-state index is 11.0. The zero-order chi connectivity index (χ0) is 15.5. The zero-order valence-corrected chi connectivity index (χ0v) is 14.0. The monoisotopic (exact) mass is 368 g/mol. The molecular weight excluding hydrogens is 352 g/mol. The molecule has 0 spiro atoms. The molecule has 0 aliphatic rings. The van der Waals surface area contributed by atoms with E-state index in [1.165, 1.54) is 0 Å². The van der Waals surface area contributed by atoms with Gasteiger partial charge in [-0.15, -0.1) is 0 Å². The van der Waals surface area contributed by atoms with Crippen LogP contribution < -0.4 is 10.5 Å². The quantitative estimate of drug-likeness (QED) is 0.849. The Morgan fingerprint density at radius 3 is 2.43 bits per heavy atom. The van der Waals surface area contributed by atoms with Gasteiger partial charge in [0.25, 0.3) is 0 Å². The Labute approximate surface area is 133 Å². The third-order valence-corrected chi connectivity index (χ3v) is 4.28. The highest BCUT2D eigenvalue weighted by atomic mass is 79.9. The summed E-state index contributed by atoms with van der Waals surface area (Å²) in [4.78, 5) is 0. The molecule has 1 atom stereocenters. The summed E-state index contributed by atoms with van der Waals surface area (Å²) >= 11 is 3.46. The molecule has 0 amide bonds. The van der Waals surface area contributed by atoms with Crippen molar-refractivity contribution in [1.82, 2.24) is 0 Å². The van der Waals surface area contributed by atoms with E-state index in [-0.39, 0.29) is 11.8 Å². The van der Waals surface area contributed by atoms with Crippen LogP contribution in [0.25, 0.3) is 0 Å². The summed E-state index contributed by atoms with van der Waals surface area (Å²) in [5.74, 6) is -0.144. The van der Waals surface area contributed by atoms with Crippen LogP contribution in [-0.2, 0) is 15.8 Å². The zero-order valence-electron chi connectivity index (χ0n) is 11.6. The minimum Gasteiger partial charge on any atom is -0.379 e. The molecule has 0 fully saturated rings. The number of hydrogen-bond donors (Lipinski definition) is 2. The van der Waals surface area contributed by atoms with E-state index in [9.17, 15) is 8.42 Å². The Morgan fingerprint density at radius 2 is 1.86 bits per heavy atom. The molecule has 2 aromatic rings. The highest BCUT2D eigenvalue weighted by Crippen LogP contribution is 2.22. The molecule has 112 valence electrons. The largest absolute Gasteiger partial charge is 0.379 e. The lowest BCUT2D eigenvalue weighted by molar-refractivity contribution is 0.597. The molecule has 2 aromatic carbocycles. The molecule has 0 bridgehead atoms. The van der Waals surface area contributed by atoms with Gasteiger partial charge in [-0.3, -0.25) is 0 Å². The van der Waals surface area contributed by atoms with Gasteiger partial charge in [-0.2, -0.15) is 0 Å². The Morgan fingerprint density at radius 1 is 1.19 bits per heavy atom. The van der Waals surface area contributed by atoms with Crippen molar-refractivity contribution < 1.29 is 8.42 Å². The van der Waals surface area contributed by atoms with Crippen molar-refractivity contribution in [2.75, 3.05) is 5.32 Å². The lowest BCUT2D eigenvalue weighted by Gasteiger charge is -2.16. The second-order valence-corrected chi connectivity index (χ2v) is 7.46. The number of halogens is 1. The molecule has 1 unspecified atom stereocenters. The Kier molecular flexibility index (Phi) is 5.03. The number of nitrogens with one attached hydrogen (secondary N) is 1. The maximum atomic E-state index is 11.0. The molecule has 2 rings (SSSR count). The van der Waals surface area contributed by atoms with E-state index >= 15 is 0 Å². The standard InChI is InChI=1S/C15H17BrN2O2S/c1-11(13-3-2-4-14(16)9-13)18-15-7-5-12(6-8-15)10-21(17,19)20/h2-9,11,18H,10H2,1H3,(H2,17,19,20). The van der Waals surface area contributed by atoms with E-state index in [0.717, 1.165) is 15.7 Å².